The minimum atomic E-state index is -2.04. The molecular formula is C11H14Cl2FNO3. The summed E-state index contributed by atoms with van der Waals surface area (Å²) >= 11 is 5.66. The summed E-state index contributed by atoms with van der Waals surface area (Å²) in [5, 5.41) is 9.65. The van der Waals surface area contributed by atoms with E-state index in [1.165, 1.54) is 18.2 Å². The van der Waals surface area contributed by atoms with Crippen LogP contribution in [0.1, 0.15) is 18.5 Å². The van der Waals surface area contributed by atoms with E-state index in [0.717, 1.165) is 0 Å². The van der Waals surface area contributed by atoms with Gasteiger partial charge in [0.05, 0.1) is 17.7 Å². The van der Waals surface area contributed by atoms with Crippen molar-refractivity contribution in [2.75, 3.05) is 6.61 Å². The van der Waals surface area contributed by atoms with Crippen molar-refractivity contribution in [1.29, 1.82) is 0 Å². The van der Waals surface area contributed by atoms with Gasteiger partial charge in [0.2, 0.25) is 6.17 Å². The molecule has 2 atom stereocenters. The van der Waals surface area contributed by atoms with E-state index in [2.05, 4.69) is 4.74 Å². The van der Waals surface area contributed by atoms with Crippen LogP contribution in [0.5, 0.6) is 5.75 Å². The second-order valence-corrected chi connectivity index (χ2v) is 3.76. The second-order valence-electron chi connectivity index (χ2n) is 3.36. The molecule has 0 fully saturated rings. The lowest BCUT2D eigenvalue weighted by Gasteiger charge is -2.17. The summed E-state index contributed by atoms with van der Waals surface area (Å²) in [4.78, 5) is 11.2. The molecule has 7 heteroatoms. The highest BCUT2D eigenvalue weighted by Crippen LogP contribution is 2.32. The van der Waals surface area contributed by atoms with E-state index in [9.17, 15) is 14.3 Å². The first-order valence-corrected chi connectivity index (χ1v) is 5.40. The van der Waals surface area contributed by atoms with Crippen LogP contribution in [0.15, 0.2) is 18.2 Å². The number of phenolic OH excluding ortho intramolecular Hbond substituents is 1. The minimum absolute atomic E-state index is 0. The SMILES string of the molecule is CCOC(=O)C(F)[C@@H](N)c1cccc(Cl)c1O.Cl. The summed E-state index contributed by atoms with van der Waals surface area (Å²) in [5.41, 5.74) is 5.61. The Balaban J connectivity index is 0.00000289. The molecule has 0 saturated carbocycles. The topological polar surface area (TPSA) is 72.5 Å². The van der Waals surface area contributed by atoms with Gasteiger partial charge in [0, 0.05) is 5.56 Å². The van der Waals surface area contributed by atoms with Gasteiger partial charge in [0.25, 0.3) is 0 Å². The number of nitrogens with two attached hydrogens (primary N) is 1. The summed E-state index contributed by atoms with van der Waals surface area (Å²) in [7, 11) is 0. The van der Waals surface area contributed by atoms with E-state index < -0.39 is 18.2 Å². The largest absolute Gasteiger partial charge is 0.506 e. The van der Waals surface area contributed by atoms with Gasteiger partial charge in [-0.15, -0.1) is 12.4 Å². The van der Waals surface area contributed by atoms with Gasteiger partial charge >= 0.3 is 5.97 Å². The fourth-order valence-electron chi connectivity index (χ4n) is 1.33. The number of esters is 1. The Morgan fingerprint density at radius 3 is 2.78 bits per heavy atom. The normalized spacial score (nSPS) is 13.3. The molecule has 0 aliphatic rings. The Morgan fingerprint density at radius 2 is 2.22 bits per heavy atom. The molecule has 1 aromatic carbocycles. The molecular weight excluding hydrogens is 284 g/mol. The molecule has 0 aliphatic carbocycles. The molecule has 0 aromatic heterocycles. The molecule has 0 bridgehead atoms. The average molecular weight is 298 g/mol. The van der Waals surface area contributed by atoms with E-state index in [4.69, 9.17) is 17.3 Å². The zero-order valence-corrected chi connectivity index (χ0v) is 11.2. The smallest absolute Gasteiger partial charge is 0.342 e. The highest BCUT2D eigenvalue weighted by molar-refractivity contribution is 6.32. The zero-order valence-electron chi connectivity index (χ0n) is 9.60. The van der Waals surface area contributed by atoms with E-state index in [1.807, 2.05) is 0 Å². The van der Waals surface area contributed by atoms with Crippen molar-refractivity contribution in [1.82, 2.24) is 0 Å². The van der Waals surface area contributed by atoms with Gasteiger partial charge in [-0.2, -0.15) is 0 Å². The lowest BCUT2D eigenvalue weighted by atomic mass is 10.0. The molecule has 1 unspecified atom stereocenters. The first kappa shape index (κ1) is 17.0. The van der Waals surface area contributed by atoms with Gasteiger partial charge in [0.15, 0.2) is 0 Å². The number of benzene rings is 1. The van der Waals surface area contributed by atoms with Crippen LogP contribution in [0, 0.1) is 0 Å². The number of alkyl halides is 1. The van der Waals surface area contributed by atoms with Gasteiger partial charge in [-0.05, 0) is 13.0 Å². The Morgan fingerprint density at radius 1 is 1.61 bits per heavy atom. The monoisotopic (exact) mass is 297 g/mol. The number of phenols is 1. The molecule has 102 valence electrons. The quantitative estimate of drug-likeness (QED) is 0.837. The summed E-state index contributed by atoms with van der Waals surface area (Å²) in [6.07, 6.45) is -2.04. The van der Waals surface area contributed by atoms with Gasteiger partial charge in [-0.3, -0.25) is 0 Å². The van der Waals surface area contributed by atoms with Crippen molar-refractivity contribution < 1.29 is 19.0 Å². The fraction of sp³-hybridized carbons (Fsp3) is 0.364. The third-order valence-corrected chi connectivity index (χ3v) is 2.51. The third-order valence-electron chi connectivity index (χ3n) is 2.20. The molecule has 3 N–H and O–H groups in total. The van der Waals surface area contributed by atoms with Gasteiger partial charge in [0.1, 0.15) is 5.75 Å². The van der Waals surface area contributed by atoms with E-state index in [0.29, 0.717) is 0 Å². The molecule has 0 radical (unpaired) electrons. The fourth-order valence-corrected chi connectivity index (χ4v) is 1.51. The van der Waals surface area contributed by atoms with Crippen LogP contribution in [0.25, 0.3) is 0 Å². The second kappa shape index (κ2) is 7.41. The Hall–Kier alpha value is -1.04. The number of aromatic hydroxyl groups is 1. The van der Waals surface area contributed by atoms with Crippen LogP contribution in [-0.4, -0.2) is 23.9 Å². The molecule has 1 rings (SSSR count). The maximum atomic E-state index is 13.6. The van der Waals surface area contributed by atoms with Gasteiger partial charge in [-0.1, -0.05) is 23.7 Å². The maximum absolute atomic E-state index is 13.6. The number of hydrogen-bond acceptors (Lipinski definition) is 4. The number of carbonyl (C=O) groups excluding carboxylic acids is 1. The molecule has 0 aliphatic heterocycles. The molecule has 18 heavy (non-hydrogen) atoms. The molecule has 0 spiro atoms. The number of halogens is 3. The predicted octanol–water partition coefficient (Wildman–Crippen LogP) is 2.37. The summed E-state index contributed by atoms with van der Waals surface area (Å²) < 4.78 is 18.1. The lowest BCUT2D eigenvalue weighted by Crippen LogP contribution is -2.31. The number of rotatable bonds is 4. The highest BCUT2D eigenvalue weighted by atomic mass is 35.5. The van der Waals surface area contributed by atoms with Gasteiger partial charge in [-0.25, -0.2) is 9.18 Å². The minimum Gasteiger partial charge on any atom is -0.506 e. The summed E-state index contributed by atoms with van der Waals surface area (Å²) in [6.45, 7) is 1.63. The first-order valence-electron chi connectivity index (χ1n) is 5.02. The number of carbonyl (C=O) groups is 1. The van der Waals surface area contributed by atoms with Crippen molar-refractivity contribution in [3.8, 4) is 5.75 Å². The first-order chi connectivity index (χ1) is 7.99. The van der Waals surface area contributed by atoms with Crippen molar-refractivity contribution in [2.24, 2.45) is 5.73 Å². The van der Waals surface area contributed by atoms with Crippen LogP contribution in [-0.2, 0) is 9.53 Å². The molecule has 0 amide bonds. The van der Waals surface area contributed by atoms with Gasteiger partial charge < -0.3 is 15.6 Å². The van der Waals surface area contributed by atoms with E-state index >= 15 is 0 Å². The molecule has 4 nitrogen and oxygen atoms in total. The van der Waals surface area contributed by atoms with Crippen LogP contribution in [0.3, 0.4) is 0 Å². The highest BCUT2D eigenvalue weighted by Gasteiger charge is 2.29. The Labute approximate surface area is 115 Å². The molecule has 1 aromatic rings. The summed E-state index contributed by atoms with van der Waals surface area (Å²) in [6, 6.07) is 3.03. The number of ether oxygens (including phenoxy) is 1. The number of para-hydroxylation sites is 1. The van der Waals surface area contributed by atoms with Crippen molar-refractivity contribution in [2.45, 2.75) is 19.1 Å². The van der Waals surface area contributed by atoms with Crippen molar-refractivity contribution in [3.05, 3.63) is 28.8 Å². The zero-order chi connectivity index (χ0) is 13.0. The Bertz CT molecular complexity index is 417. The van der Waals surface area contributed by atoms with Crippen molar-refractivity contribution >= 4 is 30.0 Å². The van der Waals surface area contributed by atoms with Crippen LogP contribution >= 0.6 is 24.0 Å². The lowest BCUT2D eigenvalue weighted by molar-refractivity contribution is -0.149. The summed E-state index contributed by atoms with van der Waals surface area (Å²) in [5.74, 6) is -1.38. The van der Waals surface area contributed by atoms with E-state index in [1.54, 1.807) is 6.92 Å². The predicted molar refractivity (Wildman–Crippen MR) is 68.8 cm³/mol. The third kappa shape index (κ3) is 3.73. The van der Waals surface area contributed by atoms with Crippen LogP contribution in [0.4, 0.5) is 4.39 Å². The number of hydrogen-bond donors (Lipinski definition) is 2. The van der Waals surface area contributed by atoms with Crippen molar-refractivity contribution in [3.63, 3.8) is 0 Å². The van der Waals surface area contributed by atoms with E-state index in [-0.39, 0.29) is 35.3 Å². The standard InChI is InChI=1S/C11H13ClFNO3.ClH/c1-2-17-11(16)8(13)9(14)6-4-3-5-7(12)10(6)15;/h3-5,8-9,15H,2,14H2,1H3;1H/t8?,9-;/m0./s1. The average Bonchev–Trinajstić information content (AvgIpc) is 2.31. The molecule has 0 heterocycles. The molecule has 0 saturated heterocycles. The maximum Gasteiger partial charge on any atom is 0.342 e. The van der Waals surface area contributed by atoms with Crippen LogP contribution < -0.4 is 5.73 Å². The Kier molecular flexibility index (Phi) is 6.98. The van der Waals surface area contributed by atoms with Crippen LogP contribution in [0.2, 0.25) is 5.02 Å².